The third kappa shape index (κ3) is 2.74. The lowest BCUT2D eigenvalue weighted by Crippen LogP contribution is -2.48. The zero-order chi connectivity index (χ0) is 13.1. The van der Waals surface area contributed by atoms with Gasteiger partial charge in [0.05, 0.1) is 18.7 Å². The van der Waals surface area contributed by atoms with Gasteiger partial charge in [0.25, 0.3) is 0 Å². The van der Waals surface area contributed by atoms with Gasteiger partial charge in [-0.3, -0.25) is 4.79 Å². The van der Waals surface area contributed by atoms with E-state index < -0.39 is 5.91 Å². The normalized spacial score (nSPS) is 19.6. The Labute approximate surface area is 110 Å². The highest BCUT2D eigenvalue weighted by Gasteiger charge is 2.23. The molecule has 6 nitrogen and oxygen atoms in total. The van der Waals surface area contributed by atoms with Crippen LogP contribution < -0.4 is 16.4 Å². The van der Waals surface area contributed by atoms with Crippen molar-refractivity contribution < 1.29 is 9.53 Å². The van der Waals surface area contributed by atoms with Gasteiger partial charge in [0.15, 0.2) is 0 Å². The molecule has 18 heavy (non-hydrogen) atoms. The molecule has 0 aromatic carbocycles. The number of aromatic nitrogens is 1. The number of anilines is 1. The summed E-state index contributed by atoms with van der Waals surface area (Å²) in [6.45, 7) is 1.82. The number of thiocarbonyl (C=S) groups is 1. The van der Waals surface area contributed by atoms with E-state index in [0.717, 1.165) is 5.82 Å². The molecular formula is C11H14N4O2S. The average Bonchev–Trinajstić information content (AvgIpc) is 2.39. The molecule has 2 rings (SSSR count). The monoisotopic (exact) mass is 266 g/mol. The molecule has 4 N–H and O–H groups in total. The lowest BCUT2D eigenvalue weighted by atomic mass is 10.2. The first-order chi connectivity index (χ1) is 8.58. The van der Waals surface area contributed by atoms with Gasteiger partial charge < -0.3 is 21.1 Å². The van der Waals surface area contributed by atoms with Crippen LogP contribution >= 0.6 is 12.2 Å². The Morgan fingerprint density at radius 1 is 1.50 bits per heavy atom. The molecule has 1 unspecified atom stereocenters. The van der Waals surface area contributed by atoms with Gasteiger partial charge in [-0.25, -0.2) is 4.98 Å². The zero-order valence-corrected chi connectivity index (χ0v) is 10.5. The summed E-state index contributed by atoms with van der Waals surface area (Å²) in [5.41, 5.74) is 11.1. The maximum absolute atomic E-state index is 10.9. The summed E-state index contributed by atoms with van der Waals surface area (Å²) in [6, 6.07) is 3.40. The quantitative estimate of drug-likeness (QED) is 0.728. The second kappa shape index (κ2) is 5.28. The molecule has 0 saturated carbocycles. The van der Waals surface area contributed by atoms with Crippen LogP contribution in [-0.2, 0) is 4.74 Å². The van der Waals surface area contributed by atoms with Crippen molar-refractivity contribution in [2.24, 2.45) is 11.5 Å². The summed E-state index contributed by atoms with van der Waals surface area (Å²) < 4.78 is 5.44. The third-order valence-electron chi connectivity index (χ3n) is 2.74. The molecule has 0 spiro atoms. The minimum absolute atomic E-state index is 0.258. The van der Waals surface area contributed by atoms with E-state index in [4.69, 9.17) is 28.4 Å². The van der Waals surface area contributed by atoms with Crippen LogP contribution in [-0.4, -0.2) is 41.7 Å². The van der Waals surface area contributed by atoms with Crippen molar-refractivity contribution in [2.45, 2.75) is 6.10 Å². The number of nitrogens with zero attached hydrogens (tertiary/aromatic N) is 2. The molecule has 1 aromatic heterocycles. The van der Waals surface area contributed by atoms with Gasteiger partial charge in [-0.15, -0.1) is 0 Å². The number of hydrogen-bond donors (Lipinski definition) is 2. The predicted molar refractivity (Wildman–Crippen MR) is 71.5 cm³/mol. The van der Waals surface area contributed by atoms with Crippen LogP contribution in [0.3, 0.4) is 0 Å². The first-order valence-corrected chi connectivity index (χ1v) is 5.90. The van der Waals surface area contributed by atoms with Crippen LogP contribution in [0.4, 0.5) is 5.82 Å². The summed E-state index contributed by atoms with van der Waals surface area (Å²) >= 11 is 4.92. The number of pyridine rings is 1. The van der Waals surface area contributed by atoms with E-state index in [2.05, 4.69) is 4.98 Å². The number of amides is 1. The molecule has 0 bridgehead atoms. The zero-order valence-electron chi connectivity index (χ0n) is 9.70. The number of primary amides is 1. The van der Waals surface area contributed by atoms with Crippen molar-refractivity contribution in [3.8, 4) is 0 Å². The molecule has 96 valence electrons. The van der Waals surface area contributed by atoms with Gasteiger partial charge in [-0.05, 0) is 12.1 Å². The Kier molecular flexibility index (Phi) is 3.73. The van der Waals surface area contributed by atoms with Crippen LogP contribution in [0.5, 0.6) is 0 Å². The topological polar surface area (TPSA) is 94.5 Å². The van der Waals surface area contributed by atoms with Crippen molar-refractivity contribution in [1.82, 2.24) is 4.98 Å². The summed E-state index contributed by atoms with van der Waals surface area (Å²) in [6.07, 6.45) is 1.20. The van der Waals surface area contributed by atoms with Crippen molar-refractivity contribution in [3.63, 3.8) is 0 Å². The van der Waals surface area contributed by atoms with Gasteiger partial charge in [0.1, 0.15) is 16.9 Å². The molecular weight excluding hydrogens is 252 g/mol. The number of morpholine rings is 1. The van der Waals surface area contributed by atoms with Gasteiger partial charge >= 0.3 is 0 Å². The SMILES string of the molecule is NC(=O)c1ccc(N2CCOC(C(N)=S)C2)nc1. The average molecular weight is 266 g/mol. The molecule has 1 aliphatic heterocycles. The maximum Gasteiger partial charge on any atom is 0.250 e. The molecule has 1 aromatic rings. The molecule has 0 aliphatic carbocycles. The minimum atomic E-state index is -0.489. The summed E-state index contributed by atoms with van der Waals surface area (Å²) in [5, 5.41) is 0. The number of ether oxygens (including phenoxy) is 1. The number of carbonyl (C=O) groups excluding carboxylic acids is 1. The fourth-order valence-electron chi connectivity index (χ4n) is 1.75. The van der Waals surface area contributed by atoms with Gasteiger partial charge in [0.2, 0.25) is 5.91 Å². The van der Waals surface area contributed by atoms with E-state index in [1.165, 1.54) is 6.20 Å². The van der Waals surface area contributed by atoms with Crippen molar-refractivity contribution >= 4 is 28.9 Å². The number of carbonyl (C=O) groups is 1. The largest absolute Gasteiger partial charge is 0.391 e. The van der Waals surface area contributed by atoms with E-state index in [1.54, 1.807) is 12.1 Å². The van der Waals surface area contributed by atoms with Crippen LogP contribution in [0.1, 0.15) is 10.4 Å². The number of nitrogens with two attached hydrogens (primary N) is 2. The highest BCUT2D eigenvalue weighted by molar-refractivity contribution is 7.80. The first kappa shape index (κ1) is 12.7. The van der Waals surface area contributed by atoms with E-state index in [1.807, 2.05) is 4.90 Å². The molecule has 1 amide bonds. The second-order valence-electron chi connectivity index (χ2n) is 3.98. The smallest absolute Gasteiger partial charge is 0.250 e. The lowest BCUT2D eigenvalue weighted by Gasteiger charge is -2.33. The fourth-order valence-corrected chi connectivity index (χ4v) is 1.89. The Balaban J connectivity index is 2.11. The number of hydrogen-bond acceptors (Lipinski definition) is 5. The Bertz CT molecular complexity index is 463. The fraction of sp³-hybridized carbons (Fsp3) is 0.364. The van der Waals surface area contributed by atoms with E-state index in [9.17, 15) is 4.79 Å². The predicted octanol–water partition coefficient (Wildman–Crippen LogP) is -0.328. The molecule has 7 heteroatoms. The molecule has 2 heterocycles. The van der Waals surface area contributed by atoms with Crippen LogP contribution in [0.2, 0.25) is 0 Å². The third-order valence-corrected chi connectivity index (χ3v) is 3.00. The Morgan fingerprint density at radius 3 is 2.83 bits per heavy atom. The highest BCUT2D eigenvalue weighted by atomic mass is 32.1. The molecule has 1 fully saturated rings. The standard InChI is InChI=1S/C11H14N4O2S/c12-10(16)7-1-2-9(14-5-7)15-3-4-17-8(6-15)11(13)18/h1-2,5,8H,3-4,6H2,(H2,12,16)(H2,13,18). The Morgan fingerprint density at radius 2 is 2.28 bits per heavy atom. The van der Waals surface area contributed by atoms with E-state index >= 15 is 0 Å². The summed E-state index contributed by atoms with van der Waals surface area (Å²) in [5.74, 6) is 0.265. The van der Waals surface area contributed by atoms with Gasteiger partial charge in [-0.2, -0.15) is 0 Å². The second-order valence-corrected chi connectivity index (χ2v) is 4.45. The Hall–Kier alpha value is -1.73. The van der Waals surface area contributed by atoms with Gasteiger partial charge in [0, 0.05) is 12.7 Å². The highest BCUT2D eigenvalue weighted by Crippen LogP contribution is 2.15. The molecule has 1 atom stereocenters. The molecule has 1 aliphatic rings. The van der Waals surface area contributed by atoms with Crippen LogP contribution in [0, 0.1) is 0 Å². The van der Waals surface area contributed by atoms with E-state index in [-0.39, 0.29) is 6.10 Å². The van der Waals surface area contributed by atoms with Crippen molar-refractivity contribution in [3.05, 3.63) is 23.9 Å². The first-order valence-electron chi connectivity index (χ1n) is 5.49. The summed E-state index contributed by atoms with van der Waals surface area (Å²) in [4.78, 5) is 17.5. The maximum atomic E-state index is 10.9. The number of rotatable bonds is 3. The van der Waals surface area contributed by atoms with Crippen LogP contribution in [0.15, 0.2) is 18.3 Å². The van der Waals surface area contributed by atoms with Crippen molar-refractivity contribution in [1.29, 1.82) is 0 Å². The lowest BCUT2D eigenvalue weighted by molar-refractivity contribution is 0.0844. The molecule has 0 radical (unpaired) electrons. The van der Waals surface area contributed by atoms with Crippen LogP contribution in [0.25, 0.3) is 0 Å². The minimum Gasteiger partial charge on any atom is -0.391 e. The van der Waals surface area contributed by atoms with Crippen molar-refractivity contribution in [2.75, 3.05) is 24.6 Å². The molecule has 1 saturated heterocycles. The summed E-state index contributed by atoms with van der Waals surface area (Å²) in [7, 11) is 0. The van der Waals surface area contributed by atoms with E-state index in [0.29, 0.717) is 30.2 Å². The van der Waals surface area contributed by atoms with Gasteiger partial charge in [-0.1, -0.05) is 12.2 Å².